The Morgan fingerprint density at radius 3 is 2.65 bits per heavy atom. The quantitative estimate of drug-likeness (QED) is 0.635. The Hall–Kier alpha value is -1.88. The summed E-state index contributed by atoms with van der Waals surface area (Å²) in [6.07, 6.45) is 5.54. The molecule has 0 aliphatic rings. The average molecular weight is 287 g/mol. The summed E-state index contributed by atoms with van der Waals surface area (Å²) in [5, 5.41) is 4.13. The van der Waals surface area contributed by atoms with Crippen LogP contribution in [0.4, 0.5) is 5.69 Å². The lowest BCUT2D eigenvalue weighted by Gasteiger charge is -2.20. The molecular formula is C15H21N3OSi. The molecule has 0 amide bonds. The first-order valence-electron chi connectivity index (χ1n) is 6.66. The third-order valence-electron chi connectivity index (χ3n) is 2.61. The van der Waals surface area contributed by atoms with Crippen LogP contribution in [0.25, 0.3) is 0 Å². The van der Waals surface area contributed by atoms with E-state index in [9.17, 15) is 0 Å². The highest BCUT2D eigenvalue weighted by molar-refractivity contribution is 6.70. The number of nitrogens with zero attached hydrogens (tertiary/aromatic N) is 3. The van der Waals surface area contributed by atoms with Crippen LogP contribution in [0.3, 0.4) is 0 Å². The summed E-state index contributed by atoms with van der Waals surface area (Å²) in [6, 6.07) is 6.10. The van der Waals surface area contributed by atoms with Crippen molar-refractivity contribution in [3.05, 3.63) is 41.7 Å². The van der Waals surface area contributed by atoms with Crippen LogP contribution in [-0.2, 0) is 7.05 Å². The summed E-state index contributed by atoms with van der Waals surface area (Å²) >= 11 is 0. The van der Waals surface area contributed by atoms with Gasteiger partial charge in [-0.2, -0.15) is 5.10 Å². The summed E-state index contributed by atoms with van der Waals surface area (Å²) in [7, 11) is 0.251. The van der Waals surface area contributed by atoms with Gasteiger partial charge in [0.25, 0.3) is 0 Å². The van der Waals surface area contributed by atoms with Crippen LogP contribution in [0, 0.1) is 6.92 Å². The van der Waals surface area contributed by atoms with Gasteiger partial charge in [0, 0.05) is 25.0 Å². The van der Waals surface area contributed by atoms with Crippen LogP contribution in [0.15, 0.2) is 35.6 Å². The summed E-state index contributed by atoms with van der Waals surface area (Å²) in [6.45, 7) is 8.56. The van der Waals surface area contributed by atoms with Gasteiger partial charge in [-0.05, 0) is 44.3 Å². The van der Waals surface area contributed by atoms with Crippen LogP contribution >= 0.6 is 0 Å². The third-order valence-corrected chi connectivity index (χ3v) is 3.44. The predicted octanol–water partition coefficient (Wildman–Crippen LogP) is 3.69. The molecule has 0 fully saturated rings. The van der Waals surface area contributed by atoms with E-state index >= 15 is 0 Å². The SMILES string of the molecule is Cc1ccc(O[Si](C)(C)C)c(N=Cc2cnn(C)c2)c1. The number of aryl methyl sites for hydroxylation is 2. The highest BCUT2D eigenvalue weighted by atomic mass is 28.4. The van der Waals surface area contributed by atoms with Crippen molar-refractivity contribution < 1.29 is 4.43 Å². The topological polar surface area (TPSA) is 39.4 Å². The molecule has 0 radical (unpaired) electrons. The number of hydrogen-bond acceptors (Lipinski definition) is 3. The molecule has 0 bridgehead atoms. The van der Waals surface area contributed by atoms with Crippen LogP contribution in [0.2, 0.25) is 19.6 Å². The maximum absolute atomic E-state index is 6.09. The van der Waals surface area contributed by atoms with E-state index in [1.165, 1.54) is 5.56 Å². The fourth-order valence-electron chi connectivity index (χ4n) is 1.80. The van der Waals surface area contributed by atoms with Gasteiger partial charge in [-0.3, -0.25) is 9.67 Å². The molecule has 0 saturated carbocycles. The monoisotopic (exact) mass is 287 g/mol. The normalized spacial score (nSPS) is 12.1. The second-order valence-corrected chi connectivity index (χ2v) is 10.3. The van der Waals surface area contributed by atoms with Crippen molar-refractivity contribution in [3.8, 4) is 5.75 Å². The number of rotatable bonds is 4. The Morgan fingerprint density at radius 2 is 2.05 bits per heavy atom. The predicted molar refractivity (Wildman–Crippen MR) is 85.6 cm³/mol. The number of benzene rings is 1. The summed E-state index contributed by atoms with van der Waals surface area (Å²) in [5.41, 5.74) is 3.02. The molecule has 106 valence electrons. The zero-order valence-electron chi connectivity index (χ0n) is 12.7. The first-order valence-corrected chi connectivity index (χ1v) is 10.1. The van der Waals surface area contributed by atoms with Crippen LogP contribution < -0.4 is 4.43 Å². The lowest BCUT2D eigenvalue weighted by molar-refractivity contribution is 0.559. The van der Waals surface area contributed by atoms with Gasteiger partial charge in [0.05, 0.1) is 6.20 Å². The van der Waals surface area contributed by atoms with Gasteiger partial charge in [-0.15, -0.1) is 0 Å². The lowest BCUT2D eigenvalue weighted by Crippen LogP contribution is -2.29. The minimum absolute atomic E-state index is 0.856. The number of aromatic nitrogens is 2. The average Bonchev–Trinajstić information content (AvgIpc) is 2.74. The molecule has 1 aromatic heterocycles. The maximum atomic E-state index is 6.09. The largest absolute Gasteiger partial charge is 0.543 e. The minimum Gasteiger partial charge on any atom is -0.543 e. The Labute approximate surface area is 121 Å². The van der Waals surface area contributed by atoms with E-state index in [1.807, 2.05) is 31.6 Å². The van der Waals surface area contributed by atoms with E-state index in [2.05, 4.69) is 42.7 Å². The van der Waals surface area contributed by atoms with E-state index in [1.54, 1.807) is 10.9 Å². The molecule has 0 spiro atoms. The molecule has 4 nitrogen and oxygen atoms in total. The van der Waals surface area contributed by atoms with Gasteiger partial charge in [0.15, 0.2) is 0 Å². The minimum atomic E-state index is -1.64. The van der Waals surface area contributed by atoms with Crippen molar-refractivity contribution in [1.29, 1.82) is 0 Å². The molecule has 0 aliphatic carbocycles. The molecule has 0 unspecified atom stereocenters. The van der Waals surface area contributed by atoms with Crippen molar-refractivity contribution in [1.82, 2.24) is 9.78 Å². The van der Waals surface area contributed by atoms with Gasteiger partial charge >= 0.3 is 0 Å². The van der Waals surface area contributed by atoms with Crippen molar-refractivity contribution in [2.45, 2.75) is 26.6 Å². The standard InChI is InChI=1S/C15H21N3OSi/c1-12-6-7-15(19-20(3,4)5)14(8-12)16-9-13-10-17-18(2)11-13/h6-11H,1-5H3. The lowest BCUT2D eigenvalue weighted by atomic mass is 10.2. The van der Waals surface area contributed by atoms with Crippen LogP contribution in [0.1, 0.15) is 11.1 Å². The molecule has 1 heterocycles. The molecule has 0 saturated heterocycles. The van der Waals surface area contributed by atoms with E-state index in [0.717, 1.165) is 17.0 Å². The van der Waals surface area contributed by atoms with Gasteiger partial charge in [0.1, 0.15) is 11.4 Å². The summed E-state index contributed by atoms with van der Waals surface area (Å²) < 4.78 is 7.85. The molecule has 0 aliphatic heterocycles. The van der Waals surface area contributed by atoms with E-state index in [4.69, 9.17) is 4.43 Å². The Bertz CT molecular complexity index is 626. The van der Waals surface area contributed by atoms with E-state index in [0.29, 0.717) is 0 Å². The first-order chi connectivity index (χ1) is 9.33. The van der Waals surface area contributed by atoms with Gasteiger partial charge in [0.2, 0.25) is 8.32 Å². The van der Waals surface area contributed by atoms with Crippen LogP contribution in [0.5, 0.6) is 5.75 Å². The first kappa shape index (κ1) is 14.5. The van der Waals surface area contributed by atoms with Crippen molar-refractivity contribution in [2.75, 3.05) is 0 Å². The van der Waals surface area contributed by atoms with Crippen molar-refractivity contribution in [3.63, 3.8) is 0 Å². The zero-order valence-corrected chi connectivity index (χ0v) is 13.7. The highest BCUT2D eigenvalue weighted by Gasteiger charge is 2.18. The second kappa shape index (κ2) is 5.62. The molecule has 0 atom stereocenters. The van der Waals surface area contributed by atoms with Crippen LogP contribution in [-0.4, -0.2) is 24.3 Å². The molecule has 2 rings (SSSR count). The van der Waals surface area contributed by atoms with Gasteiger partial charge in [-0.25, -0.2) is 0 Å². The Kier molecular flexibility index (Phi) is 4.08. The Balaban J connectivity index is 2.29. The van der Waals surface area contributed by atoms with E-state index in [-0.39, 0.29) is 0 Å². The fourth-order valence-corrected chi connectivity index (χ4v) is 2.63. The summed E-state index contributed by atoms with van der Waals surface area (Å²) in [5.74, 6) is 0.856. The molecule has 20 heavy (non-hydrogen) atoms. The Morgan fingerprint density at radius 1 is 1.30 bits per heavy atom. The third kappa shape index (κ3) is 4.06. The molecule has 2 aromatic rings. The molecular weight excluding hydrogens is 266 g/mol. The second-order valence-electron chi connectivity index (χ2n) is 5.89. The fraction of sp³-hybridized carbons (Fsp3) is 0.333. The van der Waals surface area contributed by atoms with Crippen molar-refractivity contribution >= 4 is 20.2 Å². The summed E-state index contributed by atoms with van der Waals surface area (Å²) in [4.78, 5) is 4.55. The molecule has 5 heteroatoms. The van der Waals surface area contributed by atoms with E-state index < -0.39 is 8.32 Å². The zero-order chi connectivity index (χ0) is 14.8. The number of hydrogen-bond donors (Lipinski definition) is 0. The van der Waals surface area contributed by atoms with Crippen molar-refractivity contribution in [2.24, 2.45) is 12.0 Å². The smallest absolute Gasteiger partial charge is 0.242 e. The molecule has 0 N–H and O–H groups in total. The molecule has 1 aromatic carbocycles. The van der Waals surface area contributed by atoms with Gasteiger partial charge in [-0.1, -0.05) is 6.07 Å². The van der Waals surface area contributed by atoms with Gasteiger partial charge < -0.3 is 4.43 Å². The highest BCUT2D eigenvalue weighted by Crippen LogP contribution is 2.30. The number of aliphatic imine (C=N–C) groups is 1. The maximum Gasteiger partial charge on any atom is 0.242 e.